The van der Waals surface area contributed by atoms with Gasteiger partial charge in [0.05, 0.1) is 6.61 Å². The highest BCUT2D eigenvalue weighted by molar-refractivity contribution is 5.74. The van der Waals surface area contributed by atoms with E-state index in [9.17, 15) is 9.90 Å². The summed E-state index contributed by atoms with van der Waals surface area (Å²) in [5, 5.41) is 12.6. The highest BCUT2D eigenvalue weighted by atomic mass is 16.5. The number of ether oxygens (including phenoxy) is 1. The number of hydrogen-bond donors (Lipinski definition) is 2. The van der Waals surface area contributed by atoms with E-state index in [4.69, 9.17) is 4.74 Å². The molecule has 1 aliphatic rings. The molecule has 1 heterocycles. The van der Waals surface area contributed by atoms with Crippen molar-refractivity contribution in [2.24, 2.45) is 5.41 Å². The Morgan fingerprint density at radius 1 is 1.33 bits per heavy atom. The fraction of sp³-hybridized carbons (Fsp3) is 0.632. The van der Waals surface area contributed by atoms with Crippen LogP contribution in [0.5, 0.6) is 5.75 Å². The van der Waals surface area contributed by atoms with Crippen LogP contribution in [0.3, 0.4) is 0 Å². The number of amides is 2. The first-order valence-electron chi connectivity index (χ1n) is 8.89. The molecule has 2 rings (SSSR count). The lowest BCUT2D eigenvalue weighted by atomic mass is 9.77. The van der Waals surface area contributed by atoms with Gasteiger partial charge in [-0.05, 0) is 55.7 Å². The molecule has 0 spiro atoms. The molecule has 24 heavy (non-hydrogen) atoms. The van der Waals surface area contributed by atoms with E-state index in [0.717, 1.165) is 36.1 Å². The van der Waals surface area contributed by atoms with Gasteiger partial charge in [0.2, 0.25) is 0 Å². The fourth-order valence-corrected chi connectivity index (χ4v) is 3.24. The van der Waals surface area contributed by atoms with Crippen LogP contribution < -0.4 is 10.1 Å². The van der Waals surface area contributed by atoms with E-state index in [-0.39, 0.29) is 18.1 Å². The Kier molecular flexibility index (Phi) is 6.49. The molecule has 2 N–H and O–H groups in total. The molecule has 0 radical (unpaired) electrons. The van der Waals surface area contributed by atoms with Crippen molar-refractivity contribution >= 4 is 6.03 Å². The van der Waals surface area contributed by atoms with E-state index in [0.29, 0.717) is 26.2 Å². The maximum atomic E-state index is 12.3. The van der Waals surface area contributed by atoms with E-state index in [1.54, 1.807) is 0 Å². The zero-order valence-electron chi connectivity index (χ0n) is 15.1. The van der Waals surface area contributed by atoms with E-state index in [1.807, 2.05) is 30.9 Å². The summed E-state index contributed by atoms with van der Waals surface area (Å²) >= 11 is 0. The number of aryl methyl sites for hydroxylation is 1. The van der Waals surface area contributed by atoms with Crippen LogP contribution in [0.25, 0.3) is 0 Å². The SMILES string of the molecule is CCOc1ccc(CNC(=O)N2CCC(CC)(CO)CC2)cc1C. The second-order valence-electron chi connectivity index (χ2n) is 6.69. The maximum absolute atomic E-state index is 12.3. The topological polar surface area (TPSA) is 61.8 Å². The number of nitrogens with one attached hydrogen (secondary N) is 1. The minimum absolute atomic E-state index is 0.00298. The van der Waals surface area contributed by atoms with Crippen molar-refractivity contribution in [1.82, 2.24) is 10.2 Å². The van der Waals surface area contributed by atoms with E-state index in [1.165, 1.54) is 0 Å². The number of piperidine rings is 1. The monoisotopic (exact) mass is 334 g/mol. The number of rotatable bonds is 6. The summed E-state index contributed by atoms with van der Waals surface area (Å²) in [6, 6.07) is 5.97. The maximum Gasteiger partial charge on any atom is 0.317 e. The summed E-state index contributed by atoms with van der Waals surface area (Å²) in [6.07, 6.45) is 2.70. The normalized spacial score (nSPS) is 16.8. The van der Waals surface area contributed by atoms with Crippen molar-refractivity contribution < 1.29 is 14.6 Å². The van der Waals surface area contributed by atoms with E-state index < -0.39 is 0 Å². The Bertz CT molecular complexity index is 546. The second kappa shape index (κ2) is 8.38. The van der Waals surface area contributed by atoms with Crippen molar-refractivity contribution in [3.05, 3.63) is 29.3 Å². The van der Waals surface area contributed by atoms with Crippen molar-refractivity contribution in [2.75, 3.05) is 26.3 Å². The molecule has 1 aromatic rings. The van der Waals surface area contributed by atoms with Crippen LogP contribution in [0, 0.1) is 12.3 Å². The number of benzene rings is 1. The first-order chi connectivity index (χ1) is 11.5. The standard InChI is InChI=1S/C19H30N2O3/c1-4-19(14-22)8-10-21(11-9-19)18(23)20-13-16-6-7-17(24-5-2)15(3)12-16/h6-7,12,22H,4-5,8-11,13-14H2,1-3H3,(H,20,23). The number of carbonyl (C=O) groups is 1. The minimum atomic E-state index is -0.0239. The molecule has 134 valence electrons. The van der Waals surface area contributed by atoms with Crippen LogP contribution in [-0.2, 0) is 6.54 Å². The molecule has 0 unspecified atom stereocenters. The Labute approximate surface area is 145 Å². The Morgan fingerprint density at radius 3 is 2.58 bits per heavy atom. The highest BCUT2D eigenvalue weighted by Crippen LogP contribution is 2.34. The van der Waals surface area contributed by atoms with Crippen molar-refractivity contribution in [2.45, 2.75) is 46.6 Å². The average Bonchev–Trinajstić information content (AvgIpc) is 2.62. The third kappa shape index (κ3) is 4.41. The molecular formula is C19H30N2O3. The van der Waals surface area contributed by atoms with Crippen molar-refractivity contribution in [3.63, 3.8) is 0 Å². The van der Waals surface area contributed by atoms with Gasteiger partial charge >= 0.3 is 6.03 Å². The lowest BCUT2D eigenvalue weighted by Gasteiger charge is -2.40. The molecule has 5 nitrogen and oxygen atoms in total. The zero-order valence-corrected chi connectivity index (χ0v) is 15.1. The third-order valence-electron chi connectivity index (χ3n) is 5.18. The molecule has 0 bridgehead atoms. The van der Waals surface area contributed by atoms with Gasteiger partial charge in [0.15, 0.2) is 0 Å². The molecule has 0 saturated carbocycles. The van der Waals surface area contributed by atoms with Gasteiger partial charge in [0, 0.05) is 26.2 Å². The van der Waals surface area contributed by atoms with Crippen LogP contribution in [-0.4, -0.2) is 42.3 Å². The predicted octanol–water partition coefficient (Wildman–Crippen LogP) is 3.09. The molecule has 0 atom stereocenters. The molecule has 0 aromatic heterocycles. The summed E-state index contributed by atoms with van der Waals surface area (Å²) in [5.74, 6) is 0.892. The van der Waals surface area contributed by atoms with Gasteiger partial charge in [-0.2, -0.15) is 0 Å². The molecule has 1 saturated heterocycles. The van der Waals surface area contributed by atoms with Gasteiger partial charge in [-0.1, -0.05) is 19.1 Å². The zero-order chi connectivity index (χ0) is 17.6. The van der Waals surface area contributed by atoms with Crippen LogP contribution in [0.2, 0.25) is 0 Å². The first-order valence-corrected chi connectivity index (χ1v) is 8.89. The third-order valence-corrected chi connectivity index (χ3v) is 5.18. The minimum Gasteiger partial charge on any atom is -0.494 e. The summed E-state index contributed by atoms with van der Waals surface area (Å²) in [6.45, 7) is 8.90. The van der Waals surface area contributed by atoms with Gasteiger partial charge < -0.3 is 20.1 Å². The summed E-state index contributed by atoms with van der Waals surface area (Å²) in [4.78, 5) is 14.2. The predicted molar refractivity (Wildman–Crippen MR) is 95.2 cm³/mol. The van der Waals surface area contributed by atoms with Gasteiger partial charge in [-0.25, -0.2) is 4.79 Å². The Balaban J connectivity index is 1.84. The number of nitrogens with zero attached hydrogens (tertiary/aromatic N) is 1. The number of aliphatic hydroxyl groups is 1. The number of urea groups is 1. The summed E-state index contributed by atoms with van der Waals surface area (Å²) < 4.78 is 5.54. The van der Waals surface area contributed by atoms with Gasteiger partial charge in [-0.15, -0.1) is 0 Å². The van der Waals surface area contributed by atoms with Gasteiger partial charge in [0.25, 0.3) is 0 Å². The molecule has 1 fully saturated rings. The Hall–Kier alpha value is -1.75. The smallest absolute Gasteiger partial charge is 0.317 e. The van der Waals surface area contributed by atoms with Crippen LogP contribution in [0.4, 0.5) is 4.79 Å². The summed E-state index contributed by atoms with van der Waals surface area (Å²) in [7, 11) is 0. The van der Waals surface area contributed by atoms with Crippen LogP contribution >= 0.6 is 0 Å². The fourth-order valence-electron chi connectivity index (χ4n) is 3.24. The van der Waals surface area contributed by atoms with Crippen molar-refractivity contribution in [3.8, 4) is 5.75 Å². The second-order valence-corrected chi connectivity index (χ2v) is 6.69. The number of likely N-dealkylation sites (tertiary alicyclic amines) is 1. The van der Waals surface area contributed by atoms with Gasteiger partial charge in [-0.3, -0.25) is 0 Å². The molecule has 1 aliphatic heterocycles. The summed E-state index contributed by atoms with van der Waals surface area (Å²) in [5.41, 5.74) is 2.15. The molecule has 1 aromatic carbocycles. The molecule has 5 heteroatoms. The molecule has 2 amide bonds. The van der Waals surface area contributed by atoms with E-state index in [2.05, 4.69) is 18.3 Å². The number of carbonyl (C=O) groups excluding carboxylic acids is 1. The average molecular weight is 334 g/mol. The van der Waals surface area contributed by atoms with Crippen LogP contribution in [0.15, 0.2) is 18.2 Å². The number of aliphatic hydroxyl groups excluding tert-OH is 1. The van der Waals surface area contributed by atoms with Crippen LogP contribution in [0.1, 0.15) is 44.2 Å². The molecule has 0 aliphatic carbocycles. The lowest BCUT2D eigenvalue weighted by molar-refractivity contribution is 0.0519. The first kappa shape index (κ1) is 18.6. The number of hydrogen-bond acceptors (Lipinski definition) is 3. The largest absolute Gasteiger partial charge is 0.494 e. The Morgan fingerprint density at radius 2 is 2.04 bits per heavy atom. The quantitative estimate of drug-likeness (QED) is 0.840. The lowest BCUT2D eigenvalue weighted by Crippen LogP contribution is -2.48. The van der Waals surface area contributed by atoms with Gasteiger partial charge in [0.1, 0.15) is 5.75 Å². The van der Waals surface area contributed by atoms with E-state index >= 15 is 0 Å². The highest BCUT2D eigenvalue weighted by Gasteiger charge is 2.33. The van der Waals surface area contributed by atoms with Crippen molar-refractivity contribution in [1.29, 1.82) is 0 Å². The molecular weight excluding hydrogens is 304 g/mol.